The van der Waals surface area contributed by atoms with Crippen molar-refractivity contribution < 1.29 is 23.0 Å². The van der Waals surface area contributed by atoms with Gasteiger partial charge in [-0.25, -0.2) is 13.2 Å². The molecule has 0 amide bonds. The van der Waals surface area contributed by atoms with Gasteiger partial charge in [-0.15, -0.1) is 0 Å². The number of methoxy groups -OCH3 is 1. The normalized spacial score (nSPS) is 10.4. The van der Waals surface area contributed by atoms with Crippen molar-refractivity contribution in [2.75, 3.05) is 13.7 Å². The summed E-state index contributed by atoms with van der Waals surface area (Å²) < 4.78 is 43.6. The minimum absolute atomic E-state index is 0.286. The summed E-state index contributed by atoms with van der Waals surface area (Å²) >= 11 is 0. The summed E-state index contributed by atoms with van der Waals surface area (Å²) in [5.41, 5.74) is -0.496. The molecule has 2 nitrogen and oxygen atoms in total. The van der Waals surface area contributed by atoms with E-state index in [9.17, 15) is 13.2 Å². The third kappa shape index (κ3) is 1.82. The molecular weight excluding hydrogens is 197 g/mol. The molecule has 0 spiro atoms. The fraction of sp³-hybridized carbons (Fsp3) is 0.333. The van der Waals surface area contributed by atoms with Gasteiger partial charge in [-0.1, -0.05) is 0 Å². The highest BCUT2D eigenvalue weighted by Gasteiger charge is 2.18. The van der Waals surface area contributed by atoms with Crippen LogP contribution in [-0.2, 0) is 6.42 Å². The summed E-state index contributed by atoms with van der Waals surface area (Å²) in [6.07, 6.45) is -0.286. The zero-order valence-electron chi connectivity index (χ0n) is 7.48. The summed E-state index contributed by atoms with van der Waals surface area (Å²) in [6, 6.07) is 0.630. The monoisotopic (exact) mass is 206 g/mol. The molecule has 0 aliphatic rings. The van der Waals surface area contributed by atoms with E-state index in [1.807, 2.05) is 0 Å². The van der Waals surface area contributed by atoms with Gasteiger partial charge in [-0.2, -0.15) is 0 Å². The Morgan fingerprint density at radius 2 is 1.93 bits per heavy atom. The van der Waals surface area contributed by atoms with Crippen molar-refractivity contribution in [3.63, 3.8) is 0 Å². The van der Waals surface area contributed by atoms with Gasteiger partial charge in [0.2, 0.25) is 0 Å². The van der Waals surface area contributed by atoms with E-state index in [0.29, 0.717) is 6.07 Å². The van der Waals surface area contributed by atoms with E-state index in [0.717, 1.165) is 7.11 Å². The quantitative estimate of drug-likeness (QED) is 0.762. The van der Waals surface area contributed by atoms with Gasteiger partial charge in [0.25, 0.3) is 0 Å². The molecule has 0 unspecified atom stereocenters. The lowest BCUT2D eigenvalue weighted by molar-refractivity contribution is 0.292. The van der Waals surface area contributed by atoms with Crippen LogP contribution in [0.15, 0.2) is 6.07 Å². The van der Waals surface area contributed by atoms with Crippen LogP contribution in [0, 0.1) is 17.5 Å². The standard InChI is InChI=1S/C9H9F3O2/c1-14-7-4-6(10)8(11)5(2-3-13)9(7)12/h4,13H,2-3H2,1H3. The van der Waals surface area contributed by atoms with E-state index in [1.54, 1.807) is 0 Å². The van der Waals surface area contributed by atoms with Gasteiger partial charge in [0.15, 0.2) is 23.2 Å². The maximum atomic E-state index is 13.3. The predicted molar refractivity (Wildman–Crippen MR) is 43.7 cm³/mol. The third-order valence-corrected chi connectivity index (χ3v) is 1.80. The SMILES string of the molecule is COc1cc(F)c(F)c(CCO)c1F. The number of hydrogen-bond donors (Lipinski definition) is 1. The Kier molecular flexibility index (Phi) is 3.35. The van der Waals surface area contributed by atoms with Gasteiger partial charge in [0.1, 0.15) is 0 Å². The largest absolute Gasteiger partial charge is 0.494 e. The summed E-state index contributed by atoms with van der Waals surface area (Å²) in [4.78, 5) is 0. The van der Waals surface area contributed by atoms with Crippen LogP contribution in [0.4, 0.5) is 13.2 Å². The molecule has 1 rings (SSSR count). The van der Waals surface area contributed by atoms with E-state index in [-0.39, 0.29) is 12.2 Å². The average molecular weight is 206 g/mol. The summed E-state index contributed by atoms with van der Waals surface area (Å²) in [6.45, 7) is -0.458. The first-order valence-corrected chi connectivity index (χ1v) is 3.93. The molecule has 0 aliphatic heterocycles. The first-order valence-electron chi connectivity index (χ1n) is 3.93. The second-order valence-electron chi connectivity index (χ2n) is 2.64. The molecule has 0 radical (unpaired) electrons. The van der Waals surface area contributed by atoms with Gasteiger partial charge in [0.05, 0.1) is 7.11 Å². The maximum absolute atomic E-state index is 13.3. The topological polar surface area (TPSA) is 29.5 Å². The molecule has 0 aromatic heterocycles. The van der Waals surface area contributed by atoms with E-state index in [2.05, 4.69) is 4.74 Å². The van der Waals surface area contributed by atoms with E-state index in [1.165, 1.54) is 0 Å². The first-order chi connectivity index (χ1) is 6.61. The molecule has 0 saturated carbocycles. The molecule has 0 aliphatic carbocycles. The molecule has 1 N–H and O–H groups in total. The molecule has 0 fully saturated rings. The molecule has 0 heterocycles. The minimum Gasteiger partial charge on any atom is -0.494 e. The van der Waals surface area contributed by atoms with E-state index >= 15 is 0 Å². The van der Waals surface area contributed by atoms with Crippen LogP contribution in [0.3, 0.4) is 0 Å². The number of hydrogen-bond acceptors (Lipinski definition) is 2. The lowest BCUT2D eigenvalue weighted by Gasteiger charge is -2.08. The predicted octanol–water partition coefficient (Wildman–Crippen LogP) is 1.65. The molecule has 14 heavy (non-hydrogen) atoms. The van der Waals surface area contributed by atoms with Crippen LogP contribution >= 0.6 is 0 Å². The third-order valence-electron chi connectivity index (χ3n) is 1.80. The highest BCUT2D eigenvalue weighted by molar-refractivity contribution is 5.33. The first kappa shape index (κ1) is 10.8. The summed E-state index contributed by atoms with van der Waals surface area (Å²) in [5.74, 6) is -3.81. The number of benzene rings is 1. The van der Waals surface area contributed by atoms with Gasteiger partial charge in [0, 0.05) is 24.7 Å². The Labute approximate surface area is 78.9 Å². The van der Waals surface area contributed by atoms with E-state index < -0.39 is 29.6 Å². The van der Waals surface area contributed by atoms with Crippen LogP contribution in [0.1, 0.15) is 5.56 Å². The molecule has 0 atom stereocenters. The van der Waals surface area contributed by atoms with Crippen molar-refractivity contribution >= 4 is 0 Å². The highest BCUT2D eigenvalue weighted by atomic mass is 19.2. The van der Waals surface area contributed by atoms with Crippen LogP contribution in [-0.4, -0.2) is 18.8 Å². The van der Waals surface area contributed by atoms with Crippen molar-refractivity contribution in [2.45, 2.75) is 6.42 Å². The average Bonchev–Trinajstić information content (AvgIpc) is 2.18. The molecule has 0 bridgehead atoms. The van der Waals surface area contributed by atoms with Gasteiger partial charge >= 0.3 is 0 Å². The zero-order chi connectivity index (χ0) is 10.7. The van der Waals surface area contributed by atoms with Crippen molar-refractivity contribution in [3.8, 4) is 5.75 Å². The van der Waals surface area contributed by atoms with Crippen molar-refractivity contribution in [1.82, 2.24) is 0 Å². The van der Waals surface area contributed by atoms with Crippen molar-refractivity contribution in [2.24, 2.45) is 0 Å². The number of halogens is 3. The number of aliphatic hydroxyl groups excluding tert-OH is 1. The lowest BCUT2D eigenvalue weighted by atomic mass is 10.1. The van der Waals surface area contributed by atoms with Crippen LogP contribution in [0.2, 0.25) is 0 Å². The van der Waals surface area contributed by atoms with Crippen LogP contribution < -0.4 is 4.74 Å². The lowest BCUT2D eigenvalue weighted by Crippen LogP contribution is -2.04. The fourth-order valence-corrected chi connectivity index (χ4v) is 1.11. The Bertz CT molecular complexity index is 339. The number of ether oxygens (including phenoxy) is 1. The Hall–Kier alpha value is -1.23. The van der Waals surface area contributed by atoms with Crippen LogP contribution in [0.5, 0.6) is 5.75 Å². The Balaban J connectivity index is 3.29. The second kappa shape index (κ2) is 4.32. The number of aliphatic hydroxyl groups is 1. The van der Waals surface area contributed by atoms with Crippen molar-refractivity contribution in [3.05, 3.63) is 29.1 Å². The van der Waals surface area contributed by atoms with Gasteiger partial charge in [-0.3, -0.25) is 0 Å². The Morgan fingerprint density at radius 3 is 2.43 bits per heavy atom. The second-order valence-corrected chi connectivity index (χ2v) is 2.64. The Morgan fingerprint density at radius 1 is 1.29 bits per heavy atom. The van der Waals surface area contributed by atoms with Gasteiger partial charge < -0.3 is 9.84 Å². The van der Waals surface area contributed by atoms with Crippen molar-refractivity contribution in [1.29, 1.82) is 0 Å². The molecule has 5 heteroatoms. The molecular formula is C9H9F3O2. The van der Waals surface area contributed by atoms with E-state index in [4.69, 9.17) is 5.11 Å². The molecule has 78 valence electrons. The summed E-state index contributed by atoms with van der Waals surface area (Å²) in [7, 11) is 1.15. The van der Waals surface area contributed by atoms with Gasteiger partial charge in [-0.05, 0) is 0 Å². The zero-order valence-corrected chi connectivity index (χ0v) is 7.48. The molecule has 1 aromatic carbocycles. The fourth-order valence-electron chi connectivity index (χ4n) is 1.11. The number of rotatable bonds is 3. The molecule has 0 saturated heterocycles. The van der Waals surface area contributed by atoms with Crippen LogP contribution in [0.25, 0.3) is 0 Å². The molecule has 1 aromatic rings. The maximum Gasteiger partial charge on any atom is 0.171 e. The summed E-state index contributed by atoms with van der Waals surface area (Å²) in [5, 5.41) is 8.53. The minimum atomic E-state index is -1.28. The highest BCUT2D eigenvalue weighted by Crippen LogP contribution is 2.25. The smallest absolute Gasteiger partial charge is 0.171 e.